The maximum atomic E-state index is 3.57. The monoisotopic (exact) mass is 271 g/mol. The summed E-state index contributed by atoms with van der Waals surface area (Å²) in [5, 5.41) is 3.57. The predicted octanol–water partition coefficient (Wildman–Crippen LogP) is 6.04. The van der Waals surface area contributed by atoms with Gasteiger partial charge in [-0.15, -0.1) is 0 Å². The molecule has 1 heteroatoms. The van der Waals surface area contributed by atoms with Crippen LogP contribution >= 0.6 is 0 Å². The minimum Gasteiger partial charge on any atom is -0.317 e. The molecule has 19 heavy (non-hydrogen) atoms. The predicted molar refractivity (Wildman–Crippen MR) is 90.8 cm³/mol. The van der Waals surface area contributed by atoms with Crippen LogP contribution in [0.25, 0.3) is 0 Å². The second-order valence-corrected chi connectivity index (χ2v) is 8.14. The lowest BCUT2D eigenvalue weighted by Crippen LogP contribution is -2.18. The van der Waals surface area contributed by atoms with Gasteiger partial charge in [0.25, 0.3) is 0 Å². The van der Waals surface area contributed by atoms with E-state index in [0.717, 1.165) is 0 Å². The highest BCUT2D eigenvalue weighted by Crippen LogP contribution is 2.22. The molecule has 0 unspecified atom stereocenters. The quantitative estimate of drug-likeness (QED) is 0.504. The Bertz CT molecular complexity index is 161. The van der Waals surface area contributed by atoms with Crippen molar-refractivity contribution in [2.75, 3.05) is 13.1 Å². The minimum absolute atomic E-state index is 0. The summed E-state index contributed by atoms with van der Waals surface area (Å²) in [6, 6.07) is 0. The second kappa shape index (κ2) is 10.7. The fourth-order valence-corrected chi connectivity index (χ4v) is 2.13. The van der Waals surface area contributed by atoms with Crippen molar-refractivity contribution in [3.63, 3.8) is 0 Å². The van der Waals surface area contributed by atoms with Gasteiger partial charge in [-0.3, -0.25) is 0 Å². The van der Waals surface area contributed by atoms with Crippen LogP contribution in [0.15, 0.2) is 0 Å². The van der Waals surface area contributed by atoms with Gasteiger partial charge < -0.3 is 5.32 Å². The van der Waals surface area contributed by atoms with Crippen LogP contribution < -0.4 is 5.32 Å². The molecule has 0 aromatic rings. The van der Waals surface area contributed by atoms with Crippen LogP contribution in [0.4, 0.5) is 0 Å². The van der Waals surface area contributed by atoms with Gasteiger partial charge in [-0.2, -0.15) is 0 Å². The third-order valence-electron chi connectivity index (χ3n) is 3.31. The lowest BCUT2D eigenvalue weighted by atomic mass is 9.89. The van der Waals surface area contributed by atoms with Crippen LogP contribution in [-0.2, 0) is 0 Å². The van der Waals surface area contributed by atoms with Crippen LogP contribution in [0.3, 0.4) is 0 Å². The Kier molecular flexibility index (Phi) is 12.0. The molecular weight excluding hydrogens is 230 g/mol. The smallest absolute Gasteiger partial charge is 0.00487 e. The molecule has 0 spiro atoms. The Labute approximate surface area is 123 Å². The lowest BCUT2D eigenvalue weighted by molar-refractivity contribution is 0.354. The van der Waals surface area contributed by atoms with E-state index in [1.165, 1.54) is 58.0 Å². The first-order valence-electron chi connectivity index (χ1n) is 7.91. The third kappa shape index (κ3) is 20.4. The van der Waals surface area contributed by atoms with Crippen LogP contribution in [-0.4, -0.2) is 13.1 Å². The van der Waals surface area contributed by atoms with E-state index in [9.17, 15) is 0 Å². The highest BCUT2D eigenvalue weighted by atomic mass is 14.8. The van der Waals surface area contributed by atoms with E-state index >= 15 is 0 Å². The van der Waals surface area contributed by atoms with E-state index in [1.807, 2.05) is 0 Å². The van der Waals surface area contributed by atoms with Crippen LogP contribution in [0.5, 0.6) is 0 Å². The zero-order valence-electron chi connectivity index (χ0n) is 13.9. The molecule has 0 aromatic heterocycles. The molecule has 0 saturated heterocycles. The average Bonchev–Trinajstić information content (AvgIpc) is 2.17. The normalized spacial score (nSPS) is 12.3. The molecular formula is C18H41N. The largest absolute Gasteiger partial charge is 0.317 e. The first kappa shape index (κ1) is 21.3. The Balaban J connectivity index is 0. The molecule has 0 bridgehead atoms. The number of hydrogen-bond donors (Lipinski definition) is 1. The molecule has 118 valence electrons. The summed E-state index contributed by atoms with van der Waals surface area (Å²) >= 11 is 0. The maximum Gasteiger partial charge on any atom is -0.00487 e. The molecule has 0 heterocycles. The molecule has 0 aliphatic rings. The summed E-state index contributed by atoms with van der Waals surface area (Å²) in [6.45, 7) is 16.4. The Hall–Kier alpha value is -0.0400. The third-order valence-corrected chi connectivity index (χ3v) is 3.31. The number of unbranched alkanes of at least 4 members (excludes halogenated alkanes) is 3. The van der Waals surface area contributed by atoms with Crippen molar-refractivity contribution in [1.29, 1.82) is 0 Å². The van der Waals surface area contributed by atoms with Gasteiger partial charge in [-0.05, 0) is 49.6 Å². The maximum absolute atomic E-state index is 3.57. The standard InChI is InChI=1S/C17H37N.CH4/c1-16(2,3)12-9-7-8-10-14-18-15-11-13-17(4,5)6;/h18H,7-15H2,1-6H3;1H4. The van der Waals surface area contributed by atoms with Gasteiger partial charge in [0.2, 0.25) is 0 Å². The Morgan fingerprint density at radius 3 is 1.53 bits per heavy atom. The topological polar surface area (TPSA) is 12.0 Å². The van der Waals surface area contributed by atoms with E-state index in [4.69, 9.17) is 0 Å². The molecule has 0 aliphatic carbocycles. The van der Waals surface area contributed by atoms with E-state index in [1.54, 1.807) is 0 Å². The van der Waals surface area contributed by atoms with E-state index in [-0.39, 0.29) is 7.43 Å². The summed E-state index contributed by atoms with van der Waals surface area (Å²) < 4.78 is 0. The molecule has 0 fully saturated rings. The first-order valence-corrected chi connectivity index (χ1v) is 7.91. The molecule has 0 amide bonds. The summed E-state index contributed by atoms with van der Waals surface area (Å²) in [5.74, 6) is 0. The van der Waals surface area contributed by atoms with Gasteiger partial charge in [0.15, 0.2) is 0 Å². The zero-order chi connectivity index (χ0) is 14.1. The lowest BCUT2D eigenvalue weighted by Gasteiger charge is -2.18. The summed E-state index contributed by atoms with van der Waals surface area (Å²) in [7, 11) is 0. The Morgan fingerprint density at radius 2 is 1.00 bits per heavy atom. The van der Waals surface area contributed by atoms with E-state index in [0.29, 0.717) is 10.8 Å². The molecule has 0 radical (unpaired) electrons. The summed E-state index contributed by atoms with van der Waals surface area (Å²) in [4.78, 5) is 0. The van der Waals surface area contributed by atoms with Crippen LogP contribution in [0.2, 0.25) is 0 Å². The van der Waals surface area contributed by atoms with Gasteiger partial charge in [-0.25, -0.2) is 0 Å². The van der Waals surface area contributed by atoms with Gasteiger partial charge >= 0.3 is 0 Å². The number of nitrogens with one attached hydrogen (secondary N) is 1. The van der Waals surface area contributed by atoms with Gasteiger partial charge in [0.1, 0.15) is 0 Å². The van der Waals surface area contributed by atoms with Crippen LogP contribution in [0, 0.1) is 10.8 Å². The van der Waals surface area contributed by atoms with Crippen molar-refractivity contribution in [3.05, 3.63) is 0 Å². The fraction of sp³-hybridized carbons (Fsp3) is 1.00. The summed E-state index contributed by atoms with van der Waals surface area (Å²) in [6.07, 6.45) is 9.54. The summed E-state index contributed by atoms with van der Waals surface area (Å²) in [5.41, 5.74) is 1.01. The van der Waals surface area contributed by atoms with Gasteiger partial charge in [-0.1, -0.05) is 68.2 Å². The van der Waals surface area contributed by atoms with Crippen LogP contribution in [0.1, 0.15) is 93.9 Å². The zero-order valence-corrected chi connectivity index (χ0v) is 13.9. The van der Waals surface area contributed by atoms with Crippen molar-refractivity contribution in [3.8, 4) is 0 Å². The average molecular weight is 272 g/mol. The molecule has 0 aliphatic heterocycles. The molecule has 1 N–H and O–H groups in total. The van der Waals surface area contributed by atoms with Crippen molar-refractivity contribution >= 4 is 0 Å². The van der Waals surface area contributed by atoms with Crippen molar-refractivity contribution < 1.29 is 0 Å². The first-order chi connectivity index (χ1) is 8.21. The fourth-order valence-electron chi connectivity index (χ4n) is 2.13. The molecule has 0 saturated carbocycles. The SMILES string of the molecule is C.CC(C)(C)CCCCCCNCCCC(C)(C)C. The van der Waals surface area contributed by atoms with Gasteiger partial charge in [0.05, 0.1) is 0 Å². The highest BCUT2D eigenvalue weighted by Gasteiger charge is 2.09. The second-order valence-electron chi connectivity index (χ2n) is 8.14. The van der Waals surface area contributed by atoms with E-state index in [2.05, 4.69) is 46.9 Å². The molecule has 1 nitrogen and oxygen atoms in total. The van der Waals surface area contributed by atoms with Crippen molar-refractivity contribution in [2.24, 2.45) is 10.8 Å². The number of hydrogen-bond acceptors (Lipinski definition) is 1. The van der Waals surface area contributed by atoms with Crippen molar-refractivity contribution in [1.82, 2.24) is 5.32 Å². The van der Waals surface area contributed by atoms with Gasteiger partial charge in [0, 0.05) is 0 Å². The number of rotatable bonds is 9. The minimum atomic E-state index is 0. The van der Waals surface area contributed by atoms with E-state index < -0.39 is 0 Å². The van der Waals surface area contributed by atoms with Crippen molar-refractivity contribution in [2.45, 2.75) is 93.9 Å². The molecule has 0 atom stereocenters. The molecule has 0 rings (SSSR count). The molecule has 0 aromatic carbocycles. The Morgan fingerprint density at radius 1 is 0.579 bits per heavy atom. The highest BCUT2D eigenvalue weighted by molar-refractivity contribution is 4.63.